The minimum Gasteiger partial charge on any atom is -0.455 e. The highest BCUT2D eigenvalue weighted by atomic mass is 16.5. The van der Waals surface area contributed by atoms with Crippen LogP contribution in [-0.2, 0) is 9.53 Å². The number of benzene rings is 2. The van der Waals surface area contributed by atoms with Crippen LogP contribution in [0.5, 0.6) is 11.5 Å². The molecule has 8 heteroatoms. The number of anilines is 2. The Hall–Kier alpha value is -4.48. The molecule has 0 aliphatic heterocycles. The van der Waals surface area contributed by atoms with Gasteiger partial charge in [-0.05, 0) is 80.8 Å². The van der Waals surface area contributed by atoms with Crippen LogP contribution in [0.2, 0.25) is 0 Å². The Kier molecular flexibility index (Phi) is 6.71. The van der Waals surface area contributed by atoms with Gasteiger partial charge in [-0.2, -0.15) is 0 Å². The molecule has 0 unspecified atom stereocenters. The molecule has 2 N–H and O–H groups in total. The second-order valence-corrected chi connectivity index (χ2v) is 9.11. The maximum Gasteiger partial charge on any atom is 0.247 e. The first-order valence-electron chi connectivity index (χ1n) is 12.0. The number of nitrogens with one attached hydrogen (secondary N) is 2. The van der Waals surface area contributed by atoms with E-state index in [1.165, 1.54) is 13.4 Å². The van der Waals surface area contributed by atoms with Crippen LogP contribution in [0.3, 0.4) is 0 Å². The predicted octanol–water partition coefficient (Wildman–Crippen LogP) is 4.82. The number of hydrogen-bond acceptors (Lipinski definition) is 7. The molecule has 2 aromatic heterocycles. The molecule has 186 valence electrons. The Morgan fingerprint density at radius 3 is 2.65 bits per heavy atom. The maximum atomic E-state index is 11.9. The van der Waals surface area contributed by atoms with Gasteiger partial charge in [-0.1, -0.05) is 11.8 Å². The van der Waals surface area contributed by atoms with Gasteiger partial charge in [0.15, 0.2) is 0 Å². The van der Waals surface area contributed by atoms with E-state index in [-0.39, 0.29) is 12.5 Å². The Balaban J connectivity index is 1.35. The first kappa shape index (κ1) is 24.2. The van der Waals surface area contributed by atoms with Crippen molar-refractivity contribution in [2.75, 3.05) is 19.0 Å². The van der Waals surface area contributed by atoms with Crippen molar-refractivity contribution in [2.24, 2.45) is 0 Å². The molecule has 8 nitrogen and oxygen atoms in total. The molecule has 2 aromatic carbocycles. The highest BCUT2D eigenvalue weighted by Gasteiger charge is 2.42. The maximum absolute atomic E-state index is 11.9. The average molecular weight is 494 g/mol. The fraction of sp³-hybridized carbons (Fsp3) is 0.241. The number of amides is 1. The predicted molar refractivity (Wildman–Crippen MR) is 142 cm³/mol. The summed E-state index contributed by atoms with van der Waals surface area (Å²) in [5.74, 6) is 8.41. The van der Waals surface area contributed by atoms with E-state index in [2.05, 4.69) is 37.4 Å². The number of nitrogens with zero attached hydrogens (tertiary/aromatic N) is 3. The lowest BCUT2D eigenvalue weighted by atomic mass is 10.1. The molecule has 0 atom stereocenters. The summed E-state index contributed by atoms with van der Waals surface area (Å²) < 4.78 is 10.9. The summed E-state index contributed by atoms with van der Waals surface area (Å²) in [5, 5.41) is 7.21. The van der Waals surface area contributed by atoms with Crippen molar-refractivity contribution in [3.05, 3.63) is 77.9 Å². The summed E-state index contributed by atoms with van der Waals surface area (Å²) in [4.78, 5) is 25.1. The summed E-state index contributed by atoms with van der Waals surface area (Å²) in [5.41, 5.74) is 3.96. The van der Waals surface area contributed by atoms with Crippen molar-refractivity contribution in [3.63, 3.8) is 0 Å². The molecule has 1 amide bonds. The van der Waals surface area contributed by atoms with E-state index in [4.69, 9.17) is 9.47 Å². The summed E-state index contributed by atoms with van der Waals surface area (Å²) >= 11 is 0. The number of aromatic nitrogens is 3. The fourth-order valence-corrected chi connectivity index (χ4v) is 3.89. The van der Waals surface area contributed by atoms with Crippen molar-refractivity contribution in [1.29, 1.82) is 0 Å². The van der Waals surface area contributed by atoms with Gasteiger partial charge in [0.1, 0.15) is 35.8 Å². The van der Waals surface area contributed by atoms with Crippen molar-refractivity contribution >= 4 is 28.3 Å². The number of fused-ring (bicyclic) bond motifs is 1. The van der Waals surface area contributed by atoms with E-state index in [1.807, 2.05) is 62.4 Å². The second kappa shape index (κ2) is 10.2. The third-order valence-corrected chi connectivity index (χ3v) is 6.04. The molecule has 4 aromatic rings. The van der Waals surface area contributed by atoms with E-state index in [0.29, 0.717) is 11.6 Å². The second-order valence-electron chi connectivity index (χ2n) is 9.11. The Morgan fingerprint density at radius 1 is 1.05 bits per heavy atom. The number of aryl methyl sites for hydroxylation is 2. The standard InChI is InChI=1S/C29H27N5O3/c1-19-14-22(6-9-26(19)37-23-7-4-20(2)30-16-23)33-28-24-15-21(5-8-25(24)31-18-32-28)10-11-29(12-13-29)34-27(35)17-36-3/h4-9,14-16,18H,12-13,17H2,1-3H3,(H,34,35)(H,31,32,33). The third-order valence-electron chi connectivity index (χ3n) is 6.04. The largest absolute Gasteiger partial charge is 0.455 e. The highest BCUT2D eigenvalue weighted by molar-refractivity contribution is 5.91. The molecule has 1 aliphatic rings. The first-order valence-corrected chi connectivity index (χ1v) is 12.0. The van der Waals surface area contributed by atoms with Gasteiger partial charge in [0, 0.05) is 29.4 Å². The number of hydrogen-bond donors (Lipinski definition) is 2. The van der Waals surface area contributed by atoms with Crippen LogP contribution in [0.4, 0.5) is 11.5 Å². The average Bonchev–Trinajstić information content (AvgIpc) is 3.65. The molecule has 0 spiro atoms. The third kappa shape index (κ3) is 5.85. The fourth-order valence-electron chi connectivity index (χ4n) is 3.89. The van der Waals surface area contributed by atoms with Gasteiger partial charge in [0.05, 0.1) is 11.7 Å². The highest BCUT2D eigenvalue weighted by Crippen LogP contribution is 2.35. The van der Waals surface area contributed by atoms with Crippen LogP contribution in [-0.4, -0.2) is 40.1 Å². The SMILES string of the molecule is COCC(=O)NC1(C#Cc2ccc3ncnc(Nc4ccc(Oc5ccc(C)nc5)c(C)c4)c3c2)CC1. The topological polar surface area (TPSA) is 98.3 Å². The van der Waals surface area contributed by atoms with E-state index >= 15 is 0 Å². The van der Waals surface area contributed by atoms with Crippen LogP contribution in [0.25, 0.3) is 10.9 Å². The van der Waals surface area contributed by atoms with E-state index in [0.717, 1.165) is 52.0 Å². The van der Waals surface area contributed by atoms with Crippen LogP contribution in [0.15, 0.2) is 61.1 Å². The molecule has 0 saturated heterocycles. The van der Waals surface area contributed by atoms with Gasteiger partial charge in [-0.25, -0.2) is 9.97 Å². The Morgan fingerprint density at radius 2 is 1.92 bits per heavy atom. The van der Waals surface area contributed by atoms with Crippen molar-refractivity contribution in [1.82, 2.24) is 20.3 Å². The number of rotatable bonds is 7. The number of carbonyl (C=O) groups excluding carboxylic acids is 1. The van der Waals surface area contributed by atoms with Crippen LogP contribution in [0.1, 0.15) is 29.7 Å². The minimum absolute atomic E-state index is 0.0293. The normalized spacial score (nSPS) is 13.4. The molecule has 0 bridgehead atoms. The van der Waals surface area contributed by atoms with Crippen LogP contribution in [0, 0.1) is 25.7 Å². The molecule has 0 radical (unpaired) electrons. The van der Waals surface area contributed by atoms with E-state index in [1.54, 1.807) is 6.20 Å². The number of methoxy groups -OCH3 is 1. The molecule has 37 heavy (non-hydrogen) atoms. The Bertz CT molecular complexity index is 1520. The molecule has 1 saturated carbocycles. The van der Waals surface area contributed by atoms with Gasteiger partial charge in [-0.3, -0.25) is 9.78 Å². The van der Waals surface area contributed by atoms with E-state index in [9.17, 15) is 4.79 Å². The Labute approximate surface area is 215 Å². The summed E-state index contributed by atoms with van der Waals surface area (Å²) in [6.07, 6.45) is 4.92. The monoisotopic (exact) mass is 493 g/mol. The molecule has 1 aliphatic carbocycles. The zero-order chi connectivity index (χ0) is 25.8. The van der Waals surface area contributed by atoms with Crippen LogP contribution < -0.4 is 15.4 Å². The summed E-state index contributed by atoms with van der Waals surface area (Å²) in [6.45, 7) is 3.96. The number of pyridine rings is 1. The molecule has 5 rings (SSSR count). The van der Waals surface area contributed by atoms with Gasteiger partial charge in [-0.15, -0.1) is 0 Å². The summed E-state index contributed by atoms with van der Waals surface area (Å²) in [6, 6.07) is 15.5. The lowest BCUT2D eigenvalue weighted by molar-refractivity contribution is -0.125. The molecular formula is C29H27N5O3. The van der Waals surface area contributed by atoms with Gasteiger partial charge < -0.3 is 20.1 Å². The molecular weight excluding hydrogens is 466 g/mol. The van der Waals surface area contributed by atoms with Crippen molar-refractivity contribution in [3.8, 4) is 23.3 Å². The van der Waals surface area contributed by atoms with Gasteiger partial charge in [0.2, 0.25) is 5.91 Å². The van der Waals surface area contributed by atoms with Gasteiger partial charge >= 0.3 is 0 Å². The van der Waals surface area contributed by atoms with Crippen molar-refractivity contribution < 1.29 is 14.3 Å². The number of ether oxygens (including phenoxy) is 2. The van der Waals surface area contributed by atoms with E-state index < -0.39 is 5.54 Å². The lowest BCUT2D eigenvalue weighted by Gasteiger charge is -2.12. The first-order chi connectivity index (χ1) is 17.9. The lowest BCUT2D eigenvalue weighted by Crippen LogP contribution is -2.37. The molecule has 2 heterocycles. The minimum atomic E-state index is -0.463. The van der Waals surface area contributed by atoms with Crippen molar-refractivity contribution in [2.45, 2.75) is 32.2 Å². The zero-order valence-electron chi connectivity index (χ0n) is 21.0. The smallest absolute Gasteiger partial charge is 0.247 e. The zero-order valence-corrected chi connectivity index (χ0v) is 21.0. The number of carbonyl (C=O) groups is 1. The quantitative estimate of drug-likeness (QED) is 0.356. The molecule has 1 fully saturated rings. The summed E-state index contributed by atoms with van der Waals surface area (Å²) in [7, 11) is 1.50. The van der Waals surface area contributed by atoms with Crippen LogP contribution >= 0.6 is 0 Å². The van der Waals surface area contributed by atoms with Gasteiger partial charge in [0.25, 0.3) is 0 Å².